The number of nitrogens with two attached hydrogens (primary N) is 1. The molecule has 2 N–H and O–H groups in total. The highest BCUT2D eigenvalue weighted by molar-refractivity contribution is 7.14. The van der Waals surface area contributed by atoms with Crippen LogP contribution < -0.4 is 5.73 Å². The average Bonchev–Trinajstić information content (AvgIpc) is 2.34. The predicted molar refractivity (Wildman–Crippen MR) is 51.1 cm³/mol. The molecule has 0 aliphatic heterocycles. The van der Waals surface area contributed by atoms with Crippen molar-refractivity contribution in [1.29, 1.82) is 0 Å². The second kappa shape index (κ2) is 3.39. The lowest BCUT2D eigenvalue weighted by atomic mass is 10.1. The van der Waals surface area contributed by atoms with Gasteiger partial charge < -0.3 is 5.73 Å². The maximum Gasteiger partial charge on any atom is 0.0931 e. The van der Waals surface area contributed by atoms with Gasteiger partial charge in [0.1, 0.15) is 0 Å². The lowest BCUT2D eigenvalue weighted by molar-refractivity contribution is 0.856. The number of thiophene rings is 1. The van der Waals surface area contributed by atoms with Crippen molar-refractivity contribution in [2.24, 2.45) is 5.73 Å². The molecule has 1 heterocycles. The molecule has 60 valence electrons. The summed E-state index contributed by atoms with van der Waals surface area (Å²) in [6.45, 7) is 5.69. The standard InChI is InChI=1S/C8H10ClNS/c1-5(2)8(10)6-3-7(9)11-4-6/h3-4,8H,1,10H2,2H3. The Kier molecular flexibility index (Phi) is 2.71. The van der Waals surface area contributed by atoms with Gasteiger partial charge in [0.2, 0.25) is 0 Å². The molecule has 0 aliphatic carbocycles. The van der Waals surface area contributed by atoms with Crippen molar-refractivity contribution in [3.05, 3.63) is 33.5 Å². The number of hydrogen-bond donors (Lipinski definition) is 1. The van der Waals surface area contributed by atoms with Gasteiger partial charge >= 0.3 is 0 Å². The van der Waals surface area contributed by atoms with E-state index in [2.05, 4.69) is 6.58 Å². The van der Waals surface area contributed by atoms with Crippen LogP contribution in [0.1, 0.15) is 18.5 Å². The summed E-state index contributed by atoms with van der Waals surface area (Å²) in [4.78, 5) is 0. The van der Waals surface area contributed by atoms with Crippen molar-refractivity contribution in [2.45, 2.75) is 13.0 Å². The van der Waals surface area contributed by atoms with E-state index in [9.17, 15) is 0 Å². The van der Waals surface area contributed by atoms with Crippen LogP contribution in [-0.4, -0.2) is 0 Å². The second-order valence-electron chi connectivity index (χ2n) is 2.51. The van der Waals surface area contributed by atoms with Crippen LogP contribution in [0.5, 0.6) is 0 Å². The van der Waals surface area contributed by atoms with E-state index in [-0.39, 0.29) is 6.04 Å². The Morgan fingerprint density at radius 1 is 1.82 bits per heavy atom. The molecule has 11 heavy (non-hydrogen) atoms. The van der Waals surface area contributed by atoms with Crippen LogP contribution in [0.25, 0.3) is 0 Å². The minimum absolute atomic E-state index is 0.0706. The Labute approximate surface area is 75.5 Å². The molecule has 0 amide bonds. The van der Waals surface area contributed by atoms with Gasteiger partial charge in [-0.05, 0) is 23.9 Å². The molecule has 1 nitrogen and oxygen atoms in total. The summed E-state index contributed by atoms with van der Waals surface area (Å²) in [6, 6.07) is 1.81. The quantitative estimate of drug-likeness (QED) is 0.708. The SMILES string of the molecule is C=C(C)C(N)c1csc(Cl)c1. The van der Waals surface area contributed by atoms with Crippen LogP contribution in [0, 0.1) is 0 Å². The zero-order chi connectivity index (χ0) is 8.43. The van der Waals surface area contributed by atoms with Crippen molar-refractivity contribution in [3.8, 4) is 0 Å². The van der Waals surface area contributed by atoms with Gasteiger partial charge in [-0.25, -0.2) is 0 Å². The molecule has 1 aromatic rings. The summed E-state index contributed by atoms with van der Waals surface area (Å²) < 4.78 is 0.775. The molecule has 0 bridgehead atoms. The largest absolute Gasteiger partial charge is 0.321 e. The molecule has 0 spiro atoms. The van der Waals surface area contributed by atoms with E-state index < -0.39 is 0 Å². The topological polar surface area (TPSA) is 26.0 Å². The Morgan fingerprint density at radius 2 is 2.45 bits per heavy atom. The average molecular weight is 188 g/mol. The van der Waals surface area contributed by atoms with Gasteiger partial charge in [-0.3, -0.25) is 0 Å². The van der Waals surface area contributed by atoms with Crippen LogP contribution in [0.15, 0.2) is 23.6 Å². The summed E-state index contributed by atoms with van der Waals surface area (Å²) in [5.74, 6) is 0. The molecule has 1 rings (SSSR count). The zero-order valence-corrected chi connectivity index (χ0v) is 7.88. The van der Waals surface area contributed by atoms with E-state index in [0.29, 0.717) is 0 Å². The molecular weight excluding hydrogens is 178 g/mol. The fourth-order valence-electron chi connectivity index (χ4n) is 0.771. The minimum Gasteiger partial charge on any atom is -0.321 e. The first-order valence-electron chi connectivity index (χ1n) is 3.26. The normalized spacial score (nSPS) is 13.0. The second-order valence-corrected chi connectivity index (χ2v) is 4.05. The van der Waals surface area contributed by atoms with Crippen molar-refractivity contribution in [2.75, 3.05) is 0 Å². The lowest BCUT2D eigenvalue weighted by Gasteiger charge is -2.07. The van der Waals surface area contributed by atoms with E-state index in [4.69, 9.17) is 17.3 Å². The lowest BCUT2D eigenvalue weighted by Crippen LogP contribution is -2.09. The van der Waals surface area contributed by atoms with Gasteiger partial charge in [0.25, 0.3) is 0 Å². The van der Waals surface area contributed by atoms with Gasteiger partial charge in [-0.15, -0.1) is 11.3 Å². The van der Waals surface area contributed by atoms with Gasteiger partial charge in [0.15, 0.2) is 0 Å². The van der Waals surface area contributed by atoms with Crippen molar-refractivity contribution >= 4 is 22.9 Å². The van der Waals surface area contributed by atoms with Crippen molar-refractivity contribution in [3.63, 3.8) is 0 Å². The van der Waals surface area contributed by atoms with Crippen molar-refractivity contribution in [1.82, 2.24) is 0 Å². The fourth-order valence-corrected chi connectivity index (χ4v) is 1.70. The zero-order valence-electron chi connectivity index (χ0n) is 6.30. The molecule has 1 atom stereocenters. The summed E-state index contributed by atoms with van der Waals surface area (Å²) in [6.07, 6.45) is 0. The highest BCUT2D eigenvalue weighted by Gasteiger charge is 2.07. The van der Waals surface area contributed by atoms with E-state index in [1.54, 1.807) is 0 Å². The van der Waals surface area contributed by atoms with Gasteiger partial charge in [0.05, 0.1) is 10.4 Å². The minimum atomic E-state index is -0.0706. The van der Waals surface area contributed by atoms with E-state index in [1.807, 2.05) is 18.4 Å². The first kappa shape index (κ1) is 8.78. The smallest absolute Gasteiger partial charge is 0.0931 e. The first-order valence-corrected chi connectivity index (χ1v) is 4.52. The Bertz CT molecular complexity index is 267. The Balaban J connectivity index is 2.84. The Hall–Kier alpha value is -0.310. The third kappa shape index (κ3) is 2.06. The van der Waals surface area contributed by atoms with Gasteiger partial charge in [-0.2, -0.15) is 0 Å². The van der Waals surface area contributed by atoms with Crippen LogP contribution in [-0.2, 0) is 0 Å². The fraction of sp³-hybridized carbons (Fsp3) is 0.250. The molecule has 0 fully saturated rings. The molecule has 3 heteroatoms. The molecule has 1 unspecified atom stereocenters. The third-order valence-electron chi connectivity index (χ3n) is 1.48. The van der Waals surface area contributed by atoms with Crippen LogP contribution in [0.2, 0.25) is 4.34 Å². The number of halogens is 1. The molecule has 1 aromatic heterocycles. The van der Waals surface area contributed by atoms with E-state index in [0.717, 1.165) is 15.5 Å². The Morgan fingerprint density at radius 3 is 2.82 bits per heavy atom. The maximum absolute atomic E-state index is 5.80. The summed E-state index contributed by atoms with van der Waals surface area (Å²) in [5.41, 5.74) is 7.81. The van der Waals surface area contributed by atoms with Crippen LogP contribution in [0.3, 0.4) is 0 Å². The van der Waals surface area contributed by atoms with Crippen molar-refractivity contribution < 1.29 is 0 Å². The summed E-state index contributed by atoms with van der Waals surface area (Å²) in [7, 11) is 0. The first-order chi connectivity index (χ1) is 5.11. The number of rotatable bonds is 2. The van der Waals surface area contributed by atoms with Crippen LogP contribution >= 0.6 is 22.9 Å². The van der Waals surface area contributed by atoms with E-state index >= 15 is 0 Å². The predicted octanol–water partition coefficient (Wildman–Crippen LogP) is 2.98. The summed E-state index contributed by atoms with van der Waals surface area (Å²) >= 11 is 7.24. The molecular formula is C8H10ClNS. The molecule has 0 radical (unpaired) electrons. The molecule has 0 saturated heterocycles. The number of hydrogen-bond acceptors (Lipinski definition) is 2. The maximum atomic E-state index is 5.80. The van der Waals surface area contributed by atoms with E-state index in [1.165, 1.54) is 11.3 Å². The monoisotopic (exact) mass is 187 g/mol. The molecule has 0 aromatic carbocycles. The molecule has 0 aliphatic rings. The van der Waals surface area contributed by atoms with Crippen LogP contribution in [0.4, 0.5) is 0 Å². The van der Waals surface area contributed by atoms with Gasteiger partial charge in [-0.1, -0.05) is 23.8 Å². The molecule has 0 saturated carbocycles. The van der Waals surface area contributed by atoms with Gasteiger partial charge in [0, 0.05) is 0 Å². The summed E-state index contributed by atoms with van der Waals surface area (Å²) in [5, 5.41) is 1.96. The highest BCUT2D eigenvalue weighted by Crippen LogP contribution is 2.26. The highest BCUT2D eigenvalue weighted by atomic mass is 35.5. The third-order valence-corrected chi connectivity index (χ3v) is 2.59.